The van der Waals surface area contributed by atoms with Crippen molar-refractivity contribution >= 4 is 23.2 Å². The maximum atomic E-state index is 12.7. The summed E-state index contributed by atoms with van der Waals surface area (Å²) in [6.45, 7) is 7.80. The monoisotopic (exact) mass is 522 g/mol. The second-order valence-corrected chi connectivity index (χ2v) is 9.87. The minimum atomic E-state index is -0.186. The van der Waals surface area contributed by atoms with Gasteiger partial charge < -0.3 is 20.1 Å². The SMILES string of the molecule is CC(C)Oc1cccc(C(=O)Nc2ccc(Cc3ccc(NC(=O)c4cccc(OC(C)C)c4)cc3)cc2)c1. The van der Waals surface area contributed by atoms with Gasteiger partial charge in [0.15, 0.2) is 0 Å². The quantitative estimate of drug-likeness (QED) is 0.228. The summed E-state index contributed by atoms with van der Waals surface area (Å²) in [7, 11) is 0. The normalized spacial score (nSPS) is 10.8. The third kappa shape index (κ3) is 8.20. The van der Waals surface area contributed by atoms with Gasteiger partial charge in [-0.3, -0.25) is 9.59 Å². The van der Waals surface area contributed by atoms with Crippen LogP contribution in [0.4, 0.5) is 11.4 Å². The topological polar surface area (TPSA) is 76.7 Å². The molecule has 0 unspecified atom stereocenters. The van der Waals surface area contributed by atoms with E-state index in [9.17, 15) is 9.59 Å². The van der Waals surface area contributed by atoms with Crippen molar-refractivity contribution in [3.05, 3.63) is 119 Å². The minimum Gasteiger partial charge on any atom is -0.491 e. The summed E-state index contributed by atoms with van der Waals surface area (Å²) in [6, 6.07) is 29.9. The summed E-state index contributed by atoms with van der Waals surface area (Å²) in [5.74, 6) is 0.968. The molecule has 6 nitrogen and oxygen atoms in total. The Labute approximate surface area is 230 Å². The lowest BCUT2D eigenvalue weighted by Gasteiger charge is -2.12. The molecule has 0 saturated heterocycles. The molecule has 200 valence electrons. The highest BCUT2D eigenvalue weighted by Crippen LogP contribution is 2.20. The predicted octanol–water partition coefficient (Wildman–Crippen LogP) is 7.36. The van der Waals surface area contributed by atoms with Gasteiger partial charge in [0.1, 0.15) is 11.5 Å². The van der Waals surface area contributed by atoms with Crippen molar-refractivity contribution in [1.29, 1.82) is 0 Å². The molecule has 2 N–H and O–H groups in total. The fraction of sp³-hybridized carbons (Fsp3) is 0.212. The van der Waals surface area contributed by atoms with Crippen LogP contribution in [0.1, 0.15) is 59.5 Å². The molecule has 0 atom stereocenters. The first-order valence-corrected chi connectivity index (χ1v) is 13.1. The van der Waals surface area contributed by atoms with Crippen LogP contribution < -0.4 is 20.1 Å². The zero-order valence-electron chi connectivity index (χ0n) is 22.7. The Bertz CT molecular complexity index is 1300. The van der Waals surface area contributed by atoms with Crippen molar-refractivity contribution in [1.82, 2.24) is 0 Å². The molecule has 6 heteroatoms. The van der Waals surface area contributed by atoms with Gasteiger partial charge >= 0.3 is 0 Å². The Morgan fingerprint density at radius 3 is 1.33 bits per heavy atom. The van der Waals surface area contributed by atoms with Crippen molar-refractivity contribution in [2.45, 2.75) is 46.3 Å². The van der Waals surface area contributed by atoms with E-state index < -0.39 is 0 Å². The van der Waals surface area contributed by atoms with Crippen LogP contribution in [-0.4, -0.2) is 24.0 Å². The van der Waals surface area contributed by atoms with Crippen molar-refractivity contribution in [2.24, 2.45) is 0 Å². The second kappa shape index (κ2) is 12.8. The number of hydrogen-bond acceptors (Lipinski definition) is 4. The van der Waals surface area contributed by atoms with E-state index in [1.165, 1.54) is 0 Å². The minimum absolute atomic E-state index is 0.0404. The van der Waals surface area contributed by atoms with Crippen LogP contribution >= 0.6 is 0 Å². The van der Waals surface area contributed by atoms with Crippen LogP contribution in [0.3, 0.4) is 0 Å². The molecule has 0 radical (unpaired) electrons. The molecule has 0 saturated carbocycles. The third-order valence-electron chi connectivity index (χ3n) is 5.77. The van der Waals surface area contributed by atoms with Crippen molar-refractivity contribution in [2.75, 3.05) is 10.6 Å². The molecule has 2 amide bonds. The van der Waals surface area contributed by atoms with Gasteiger partial charge in [-0.05, 0) is 106 Å². The fourth-order valence-electron chi connectivity index (χ4n) is 4.02. The van der Waals surface area contributed by atoms with Gasteiger partial charge in [0, 0.05) is 22.5 Å². The number of ether oxygens (including phenoxy) is 2. The Balaban J connectivity index is 1.32. The second-order valence-electron chi connectivity index (χ2n) is 9.87. The van der Waals surface area contributed by atoms with Gasteiger partial charge in [0.2, 0.25) is 0 Å². The number of carbonyl (C=O) groups is 2. The highest BCUT2D eigenvalue weighted by atomic mass is 16.5. The smallest absolute Gasteiger partial charge is 0.255 e. The highest BCUT2D eigenvalue weighted by Gasteiger charge is 2.10. The van der Waals surface area contributed by atoms with Crippen molar-refractivity contribution < 1.29 is 19.1 Å². The van der Waals surface area contributed by atoms with Crippen LogP contribution in [0.25, 0.3) is 0 Å². The van der Waals surface area contributed by atoms with Gasteiger partial charge in [-0.15, -0.1) is 0 Å². The first kappa shape index (κ1) is 27.5. The van der Waals surface area contributed by atoms with Crippen LogP contribution in [-0.2, 0) is 6.42 Å². The summed E-state index contributed by atoms with van der Waals surface area (Å²) in [6.07, 6.45) is 0.809. The number of carbonyl (C=O) groups excluding carboxylic acids is 2. The zero-order valence-corrected chi connectivity index (χ0v) is 22.7. The summed E-state index contributed by atoms with van der Waals surface area (Å²) < 4.78 is 11.4. The molecule has 0 fully saturated rings. The molecular formula is C33H34N2O4. The number of nitrogens with one attached hydrogen (secondary N) is 2. The molecule has 0 heterocycles. The van der Waals surface area contributed by atoms with Crippen molar-refractivity contribution in [3.8, 4) is 11.5 Å². The first-order chi connectivity index (χ1) is 18.7. The molecular weight excluding hydrogens is 488 g/mol. The van der Waals surface area contributed by atoms with Crippen LogP contribution in [0.2, 0.25) is 0 Å². The Morgan fingerprint density at radius 1 is 0.590 bits per heavy atom. The van der Waals surface area contributed by atoms with Gasteiger partial charge in [-0.2, -0.15) is 0 Å². The molecule has 4 aromatic rings. The summed E-state index contributed by atoms with van der Waals surface area (Å²) in [5.41, 5.74) is 4.75. The van der Waals surface area contributed by atoms with Gasteiger partial charge in [0.05, 0.1) is 12.2 Å². The maximum Gasteiger partial charge on any atom is 0.255 e. The van der Waals surface area contributed by atoms with Gasteiger partial charge in [0.25, 0.3) is 11.8 Å². The average molecular weight is 523 g/mol. The molecule has 0 aromatic heterocycles. The summed E-state index contributed by atoms with van der Waals surface area (Å²) >= 11 is 0. The molecule has 0 aliphatic heterocycles. The lowest BCUT2D eigenvalue weighted by atomic mass is 10.0. The molecule has 39 heavy (non-hydrogen) atoms. The summed E-state index contributed by atoms with van der Waals surface area (Å²) in [5, 5.41) is 5.88. The van der Waals surface area contributed by atoms with E-state index in [2.05, 4.69) is 10.6 Å². The van der Waals surface area contributed by atoms with Crippen LogP contribution in [0.5, 0.6) is 11.5 Å². The molecule has 4 aromatic carbocycles. The predicted molar refractivity (Wildman–Crippen MR) is 156 cm³/mol. The standard InChI is InChI=1S/C33H34N2O4/c1-22(2)38-30-9-5-7-26(20-30)32(36)34-28-15-11-24(12-16-28)19-25-13-17-29(18-14-25)35-33(37)27-8-6-10-31(21-27)39-23(3)4/h5-18,20-23H,19H2,1-4H3,(H,34,36)(H,35,37). The number of benzene rings is 4. The molecule has 0 bridgehead atoms. The Hall–Kier alpha value is -4.58. The van der Waals surface area contributed by atoms with E-state index in [-0.39, 0.29) is 24.0 Å². The molecule has 0 spiro atoms. The van der Waals surface area contributed by atoms with Crippen LogP contribution in [0, 0.1) is 0 Å². The summed E-state index contributed by atoms with van der Waals surface area (Å²) in [4.78, 5) is 25.4. The molecule has 0 aliphatic rings. The lowest BCUT2D eigenvalue weighted by molar-refractivity contribution is 0.101. The molecule has 0 aliphatic carbocycles. The Morgan fingerprint density at radius 2 is 0.974 bits per heavy atom. The zero-order chi connectivity index (χ0) is 27.8. The number of anilines is 2. The van der Waals surface area contributed by atoms with E-state index in [1.54, 1.807) is 24.3 Å². The highest BCUT2D eigenvalue weighted by molar-refractivity contribution is 6.05. The Kier molecular flexibility index (Phi) is 9.00. The number of hydrogen-bond donors (Lipinski definition) is 2. The van der Waals surface area contributed by atoms with Crippen molar-refractivity contribution in [3.63, 3.8) is 0 Å². The van der Waals surface area contributed by atoms with E-state index in [0.717, 1.165) is 28.9 Å². The van der Waals surface area contributed by atoms with E-state index in [1.807, 2.05) is 100 Å². The van der Waals surface area contributed by atoms with E-state index in [0.29, 0.717) is 22.6 Å². The van der Waals surface area contributed by atoms with Gasteiger partial charge in [-0.25, -0.2) is 0 Å². The average Bonchev–Trinajstić information content (AvgIpc) is 2.90. The fourth-order valence-corrected chi connectivity index (χ4v) is 4.02. The van der Waals surface area contributed by atoms with Gasteiger partial charge in [-0.1, -0.05) is 36.4 Å². The van der Waals surface area contributed by atoms with Crippen LogP contribution in [0.15, 0.2) is 97.1 Å². The van der Waals surface area contributed by atoms with E-state index in [4.69, 9.17) is 9.47 Å². The third-order valence-corrected chi connectivity index (χ3v) is 5.77. The number of rotatable bonds is 10. The first-order valence-electron chi connectivity index (χ1n) is 13.1. The number of amides is 2. The maximum absolute atomic E-state index is 12.7. The van der Waals surface area contributed by atoms with E-state index >= 15 is 0 Å². The lowest BCUT2D eigenvalue weighted by Crippen LogP contribution is -2.13. The molecule has 4 rings (SSSR count). The largest absolute Gasteiger partial charge is 0.491 e.